The molecular formula is C21H18N2OS. The Hall–Kier alpha value is -2.72. The zero-order chi connectivity index (χ0) is 17.4. The summed E-state index contributed by atoms with van der Waals surface area (Å²) in [4.78, 5) is 17.3. The first-order valence-electron chi connectivity index (χ1n) is 8.31. The Labute approximate surface area is 150 Å². The summed E-state index contributed by atoms with van der Waals surface area (Å²) in [5, 5.41) is 5.60. The fraction of sp³-hybridized carbons (Fsp3) is 0.143. The van der Waals surface area contributed by atoms with Gasteiger partial charge in [-0.15, -0.1) is 0 Å². The lowest BCUT2D eigenvalue weighted by atomic mass is 10.0. The van der Waals surface area contributed by atoms with Crippen LogP contribution in [0.4, 0.5) is 5.13 Å². The summed E-state index contributed by atoms with van der Waals surface area (Å²) in [5.74, 6) is 0.347. The molecular weight excluding hydrogens is 328 g/mol. The highest BCUT2D eigenvalue weighted by atomic mass is 32.1. The van der Waals surface area contributed by atoms with Gasteiger partial charge in [-0.25, -0.2) is 4.98 Å². The van der Waals surface area contributed by atoms with E-state index < -0.39 is 0 Å². The van der Waals surface area contributed by atoms with Gasteiger partial charge in [-0.2, -0.15) is 0 Å². The van der Waals surface area contributed by atoms with Gasteiger partial charge in [0.15, 0.2) is 5.13 Å². The predicted octanol–water partition coefficient (Wildman–Crippen LogP) is 5.83. The third-order valence-corrected chi connectivity index (χ3v) is 5.27. The van der Waals surface area contributed by atoms with Crippen molar-refractivity contribution in [2.75, 3.05) is 5.32 Å². The van der Waals surface area contributed by atoms with Crippen molar-refractivity contribution in [2.45, 2.75) is 19.8 Å². The standard InChI is InChI=1S/C21H18N2OS/c1-13(2)15-10-11-18-19(12-15)25-21(22-18)23-20(24)17-9-5-7-14-6-3-4-8-16(14)17/h3-13H,1-2H3,(H,22,23,24). The van der Waals surface area contributed by atoms with E-state index in [0.29, 0.717) is 16.6 Å². The van der Waals surface area contributed by atoms with Gasteiger partial charge in [0.2, 0.25) is 0 Å². The molecule has 0 aliphatic rings. The second-order valence-corrected chi connectivity index (χ2v) is 7.41. The van der Waals surface area contributed by atoms with Crippen molar-refractivity contribution in [3.63, 3.8) is 0 Å². The summed E-state index contributed by atoms with van der Waals surface area (Å²) in [6, 6.07) is 20.0. The summed E-state index contributed by atoms with van der Waals surface area (Å²) in [7, 11) is 0. The van der Waals surface area contributed by atoms with Crippen molar-refractivity contribution < 1.29 is 4.79 Å². The van der Waals surface area contributed by atoms with Crippen molar-refractivity contribution >= 4 is 43.4 Å². The van der Waals surface area contributed by atoms with Crippen LogP contribution in [0.25, 0.3) is 21.0 Å². The minimum Gasteiger partial charge on any atom is -0.298 e. The van der Waals surface area contributed by atoms with Crippen molar-refractivity contribution in [3.05, 3.63) is 71.8 Å². The number of nitrogens with one attached hydrogen (secondary N) is 1. The number of anilines is 1. The second-order valence-electron chi connectivity index (χ2n) is 6.38. The third-order valence-electron chi connectivity index (χ3n) is 4.33. The lowest BCUT2D eigenvalue weighted by Gasteiger charge is -2.05. The monoisotopic (exact) mass is 346 g/mol. The molecule has 1 aromatic heterocycles. The van der Waals surface area contributed by atoms with E-state index in [1.807, 2.05) is 48.5 Å². The Morgan fingerprint density at radius 1 is 1.04 bits per heavy atom. The molecule has 0 saturated carbocycles. The van der Waals surface area contributed by atoms with Crippen LogP contribution < -0.4 is 5.32 Å². The lowest BCUT2D eigenvalue weighted by Crippen LogP contribution is -2.12. The molecule has 0 aliphatic heterocycles. The van der Waals surface area contributed by atoms with E-state index in [1.165, 1.54) is 16.9 Å². The van der Waals surface area contributed by atoms with Crippen LogP contribution in [0.3, 0.4) is 0 Å². The van der Waals surface area contributed by atoms with Crippen LogP contribution in [-0.2, 0) is 0 Å². The van der Waals surface area contributed by atoms with Gasteiger partial charge in [-0.3, -0.25) is 10.1 Å². The van der Waals surface area contributed by atoms with E-state index in [1.54, 1.807) is 0 Å². The fourth-order valence-electron chi connectivity index (χ4n) is 2.94. The van der Waals surface area contributed by atoms with Crippen molar-refractivity contribution in [3.8, 4) is 0 Å². The van der Waals surface area contributed by atoms with E-state index in [4.69, 9.17) is 0 Å². The molecule has 0 atom stereocenters. The highest BCUT2D eigenvalue weighted by Gasteiger charge is 2.13. The van der Waals surface area contributed by atoms with E-state index in [9.17, 15) is 4.79 Å². The Kier molecular flexibility index (Phi) is 3.98. The zero-order valence-electron chi connectivity index (χ0n) is 14.1. The van der Waals surface area contributed by atoms with E-state index in [-0.39, 0.29) is 5.91 Å². The van der Waals surface area contributed by atoms with Gasteiger partial charge < -0.3 is 0 Å². The molecule has 1 N–H and O–H groups in total. The molecule has 0 bridgehead atoms. The van der Waals surface area contributed by atoms with Gasteiger partial charge in [0.05, 0.1) is 10.2 Å². The smallest absolute Gasteiger partial charge is 0.258 e. The average molecular weight is 346 g/mol. The first-order chi connectivity index (χ1) is 12.1. The summed E-state index contributed by atoms with van der Waals surface area (Å²) < 4.78 is 1.10. The quantitative estimate of drug-likeness (QED) is 0.507. The largest absolute Gasteiger partial charge is 0.298 e. The fourth-order valence-corrected chi connectivity index (χ4v) is 3.85. The molecule has 4 aromatic rings. The van der Waals surface area contributed by atoms with Gasteiger partial charge in [0.25, 0.3) is 5.91 Å². The maximum atomic E-state index is 12.7. The predicted molar refractivity (Wildman–Crippen MR) is 106 cm³/mol. The topological polar surface area (TPSA) is 42.0 Å². The van der Waals surface area contributed by atoms with Gasteiger partial charge >= 0.3 is 0 Å². The number of aromatic nitrogens is 1. The second kappa shape index (κ2) is 6.30. The number of amides is 1. The van der Waals surface area contributed by atoms with Crippen LogP contribution in [-0.4, -0.2) is 10.9 Å². The molecule has 4 heteroatoms. The van der Waals surface area contributed by atoms with Crippen LogP contribution in [0.15, 0.2) is 60.7 Å². The number of fused-ring (bicyclic) bond motifs is 2. The Bertz CT molecular complexity index is 1080. The van der Waals surface area contributed by atoms with Crippen LogP contribution in [0.1, 0.15) is 35.7 Å². The molecule has 124 valence electrons. The zero-order valence-corrected chi connectivity index (χ0v) is 14.9. The van der Waals surface area contributed by atoms with Crippen LogP contribution >= 0.6 is 11.3 Å². The van der Waals surface area contributed by atoms with E-state index in [0.717, 1.165) is 21.0 Å². The van der Waals surface area contributed by atoms with Crippen LogP contribution in [0.2, 0.25) is 0 Å². The highest BCUT2D eigenvalue weighted by molar-refractivity contribution is 7.22. The average Bonchev–Trinajstić information content (AvgIpc) is 3.02. The third kappa shape index (κ3) is 3.01. The maximum absolute atomic E-state index is 12.7. The maximum Gasteiger partial charge on any atom is 0.258 e. The van der Waals surface area contributed by atoms with E-state index >= 15 is 0 Å². The number of benzene rings is 3. The molecule has 0 spiro atoms. The van der Waals surface area contributed by atoms with Crippen molar-refractivity contribution in [1.82, 2.24) is 4.98 Å². The summed E-state index contributed by atoms with van der Waals surface area (Å²) >= 11 is 1.51. The molecule has 0 fully saturated rings. The minimum atomic E-state index is -0.125. The highest BCUT2D eigenvalue weighted by Crippen LogP contribution is 2.29. The van der Waals surface area contributed by atoms with Crippen LogP contribution in [0.5, 0.6) is 0 Å². The summed E-state index contributed by atoms with van der Waals surface area (Å²) in [6.07, 6.45) is 0. The molecule has 3 nitrogen and oxygen atoms in total. The van der Waals surface area contributed by atoms with Crippen molar-refractivity contribution in [1.29, 1.82) is 0 Å². The molecule has 0 unspecified atom stereocenters. The lowest BCUT2D eigenvalue weighted by molar-refractivity contribution is 0.102. The number of rotatable bonds is 3. The molecule has 0 aliphatic carbocycles. The normalized spacial score (nSPS) is 11.3. The van der Waals surface area contributed by atoms with Gasteiger partial charge in [-0.1, -0.05) is 67.6 Å². The number of thiazole rings is 1. The molecule has 25 heavy (non-hydrogen) atoms. The molecule has 1 heterocycles. The Morgan fingerprint density at radius 3 is 2.68 bits per heavy atom. The Balaban J connectivity index is 1.67. The molecule has 0 saturated heterocycles. The summed E-state index contributed by atoms with van der Waals surface area (Å²) in [5.41, 5.74) is 2.87. The number of hydrogen-bond donors (Lipinski definition) is 1. The minimum absolute atomic E-state index is 0.125. The Morgan fingerprint density at radius 2 is 1.84 bits per heavy atom. The van der Waals surface area contributed by atoms with Crippen molar-refractivity contribution in [2.24, 2.45) is 0 Å². The number of nitrogens with zero attached hydrogens (tertiary/aromatic N) is 1. The molecule has 3 aromatic carbocycles. The van der Waals surface area contributed by atoms with Crippen LogP contribution in [0, 0.1) is 0 Å². The number of carbonyl (C=O) groups is 1. The van der Waals surface area contributed by atoms with Gasteiger partial charge in [-0.05, 0) is 40.5 Å². The molecule has 0 radical (unpaired) electrons. The summed E-state index contributed by atoms with van der Waals surface area (Å²) in [6.45, 7) is 4.34. The number of hydrogen-bond acceptors (Lipinski definition) is 3. The SMILES string of the molecule is CC(C)c1ccc2nc(NC(=O)c3cccc4ccccc34)sc2c1. The first-order valence-corrected chi connectivity index (χ1v) is 9.13. The molecule has 1 amide bonds. The van der Waals surface area contributed by atoms with Gasteiger partial charge in [0.1, 0.15) is 0 Å². The molecule has 4 rings (SSSR count). The van der Waals surface area contributed by atoms with E-state index in [2.05, 4.69) is 36.3 Å². The van der Waals surface area contributed by atoms with Gasteiger partial charge in [0, 0.05) is 5.56 Å². The number of carbonyl (C=O) groups excluding carboxylic acids is 1. The first kappa shape index (κ1) is 15.8.